The standard InChI is InChI=1S/C14H18N2O3/c1-9-6-12(9)16-14(18)15-8-10-4-3-5-11(7-10)13(17)19-2/h3-5,7,9,12H,6,8H2,1-2H3,(H2,15,16,18)/t9-,12-/m0/s1. The van der Waals surface area contributed by atoms with Crippen molar-refractivity contribution >= 4 is 12.0 Å². The summed E-state index contributed by atoms with van der Waals surface area (Å²) in [5.41, 5.74) is 1.35. The number of hydrogen-bond acceptors (Lipinski definition) is 3. The summed E-state index contributed by atoms with van der Waals surface area (Å²) >= 11 is 0. The first-order chi connectivity index (χ1) is 9.10. The molecule has 1 aromatic carbocycles. The van der Waals surface area contributed by atoms with Crippen molar-refractivity contribution in [3.05, 3.63) is 35.4 Å². The van der Waals surface area contributed by atoms with E-state index in [1.807, 2.05) is 6.07 Å². The number of methoxy groups -OCH3 is 1. The number of urea groups is 1. The van der Waals surface area contributed by atoms with Gasteiger partial charge in [0.15, 0.2) is 0 Å². The maximum atomic E-state index is 11.6. The van der Waals surface area contributed by atoms with E-state index in [1.165, 1.54) is 7.11 Å². The van der Waals surface area contributed by atoms with Crippen LogP contribution in [0.5, 0.6) is 0 Å². The molecule has 1 aromatic rings. The molecule has 0 radical (unpaired) electrons. The Balaban J connectivity index is 1.85. The van der Waals surface area contributed by atoms with E-state index in [0.29, 0.717) is 24.1 Å². The lowest BCUT2D eigenvalue weighted by atomic mass is 10.1. The van der Waals surface area contributed by atoms with Gasteiger partial charge in [0.25, 0.3) is 0 Å². The number of hydrogen-bond donors (Lipinski definition) is 2. The van der Waals surface area contributed by atoms with Gasteiger partial charge in [0.1, 0.15) is 0 Å². The number of ether oxygens (including phenoxy) is 1. The van der Waals surface area contributed by atoms with Crippen molar-refractivity contribution in [1.29, 1.82) is 0 Å². The summed E-state index contributed by atoms with van der Waals surface area (Å²) in [6.07, 6.45) is 1.05. The Bertz CT molecular complexity index is 487. The van der Waals surface area contributed by atoms with Crippen LogP contribution in [-0.4, -0.2) is 25.2 Å². The third kappa shape index (κ3) is 3.71. The summed E-state index contributed by atoms with van der Waals surface area (Å²) in [4.78, 5) is 22.9. The molecule has 1 saturated carbocycles. The fourth-order valence-corrected chi connectivity index (χ4v) is 1.85. The van der Waals surface area contributed by atoms with Crippen molar-refractivity contribution < 1.29 is 14.3 Å². The summed E-state index contributed by atoms with van der Waals surface area (Å²) in [5.74, 6) is 0.200. The number of carbonyl (C=O) groups is 2. The molecule has 102 valence electrons. The fourth-order valence-electron chi connectivity index (χ4n) is 1.85. The predicted molar refractivity (Wildman–Crippen MR) is 70.7 cm³/mol. The van der Waals surface area contributed by atoms with E-state index in [4.69, 9.17) is 0 Å². The first kappa shape index (κ1) is 13.4. The molecule has 5 heteroatoms. The predicted octanol–water partition coefficient (Wildman–Crippen LogP) is 1.68. The van der Waals surface area contributed by atoms with Crippen molar-refractivity contribution in [2.45, 2.75) is 25.9 Å². The molecule has 0 unspecified atom stereocenters. The van der Waals surface area contributed by atoms with Gasteiger partial charge >= 0.3 is 12.0 Å². The second kappa shape index (κ2) is 5.73. The molecule has 0 spiro atoms. The van der Waals surface area contributed by atoms with Crippen LogP contribution in [-0.2, 0) is 11.3 Å². The second-order valence-electron chi connectivity index (χ2n) is 4.84. The van der Waals surface area contributed by atoms with E-state index in [9.17, 15) is 9.59 Å². The number of nitrogens with one attached hydrogen (secondary N) is 2. The second-order valence-corrected chi connectivity index (χ2v) is 4.84. The highest BCUT2D eigenvalue weighted by Gasteiger charge is 2.33. The van der Waals surface area contributed by atoms with Gasteiger partial charge in [0, 0.05) is 12.6 Å². The van der Waals surface area contributed by atoms with E-state index in [1.54, 1.807) is 18.2 Å². The molecule has 0 aliphatic heterocycles. The first-order valence-corrected chi connectivity index (χ1v) is 6.31. The molecular weight excluding hydrogens is 244 g/mol. The highest BCUT2D eigenvalue weighted by Crippen LogP contribution is 2.28. The molecule has 1 aliphatic carbocycles. The quantitative estimate of drug-likeness (QED) is 0.811. The van der Waals surface area contributed by atoms with E-state index in [-0.39, 0.29) is 12.0 Å². The Morgan fingerprint density at radius 3 is 2.79 bits per heavy atom. The van der Waals surface area contributed by atoms with Crippen molar-refractivity contribution in [2.75, 3.05) is 7.11 Å². The zero-order valence-corrected chi connectivity index (χ0v) is 11.1. The average Bonchev–Trinajstić information content (AvgIpc) is 3.11. The van der Waals surface area contributed by atoms with E-state index in [2.05, 4.69) is 22.3 Å². The van der Waals surface area contributed by atoms with Crippen LogP contribution >= 0.6 is 0 Å². The van der Waals surface area contributed by atoms with Gasteiger partial charge in [-0.15, -0.1) is 0 Å². The van der Waals surface area contributed by atoms with Gasteiger partial charge in [-0.05, 0) is 30.0 Å². The smallest absolute Gasteiger partial charge is 0.337 e. The molecule has 2 amide bonds. The summed E-state index contributed by atoms with van der Waals surface area (Å²) in [6, 6.07) is 7.16. The lowest BCUT2D eigenvalue weighted by molar-refractivity contribution is 0.0600. The molecule has 0 aromatic heterocycles. The van der Waals surface area contributed by atoms with Crippen molar-refractivity contribution in [1.82, 2.24) is 10.6 Å². The number of carbonyl (C=O) groups excluding carboxylic acids is 2. The van der Waals surface area contributed by atoms with Crippen LogP contribution in [0.4, 0.5) is 4.79 Å². The van der Waals surface area contributed by atoms with Crippen molar-refractivity contribution in [3.8, 4) is 0 Å². The summed E-state index contributed by atoms with van der Waals surface area (Å²) < 4.78 is 4.65. The lowest BCUT2D eigenvalue weighted by Gasteiger charge is -2.08. The summed E-state index contributed by atoms with van der Waals surface area (Å²) in [5, 5.41) is 5.65. The first-order valence-electron chi connectivity index (χ1n) is 6.31. The van der Waals surface area contributed by atoms with Crippen LogP contribution in [0.15, 0.2) is 24.3 Å². The van der Waals surface area contributed by atoms with Crippen LogP contribution in [0.3, 0.4) is 0 Å². The molecule has 0 bridgehead atoms. The molecule has 0 heterocycles. The Morgan fingerprint density at radius 1 is 1.42 bits per heavy atom. The van der Waals surface area contributed by atoms with E-state index < -0.39 is 0 Å². The number of esters is 1. The molecule has 2 atom stereocenters. The highest BCUT2D eigenvalue weighted by atomic mass is 16.5. The topological polar surface area (TPSA) is 67.4 Å². The van der Waals surface area contributed by atoms with Crippen LogP contribution in [0.25, 0.3) is 0 Å². The van der Waals surface area contributed by atoms with Crippen molar-refractivity contribution in [3.63, 3.8) is 0 Å². The maximum Gasteiger partial charge on any atom is 0.337 e. The Kier molecular flexibility index (Phi) is 4.04. The minimum absolute atomic E-state index is 0.169. The summed E-state index contributed by atoms with van der Waals surface area (Å²) in [7, 11) is 1.34. The Morgan fingerprint density at radius 2 is 2.16 bits per heavy atom. The van der Waals surface area contributed by atoms with Gasteiger partial charge in [0.05, 0.1) is 12.7 Å². The Labute approximate surface area is 112 Å². The SMILES string of the molecule is COC(=O)c1cccc(CNC(=O)N[C@H]2C[C@@H]2C)c1. The van der Waals surface area contributed by atoms with Gasteiger partial charge in [0.2, 0.25) is 0 Å². The largest absolute Gasteiger partial charge is 0.465 e. The third-order valence-electron chi connectivity index (χ3n) is 3.23. The molecule has 1 aliphatic rings. The molecule has 2 N–H and O–H groups in total. The normalized spacial score (nSPS) is 20.5. The van der Waals surface area contributed by atoms with Gasteiger partial charge in [-0.2, -0.15) is 0 Å². The molecular formula is C14H18N2O3. The molecule has 1 fully saturated rings. The minimum Gasteiger partial charge on any atom is -0.465 e. The number of benzene rings is 1. The fraction of sp³-hybridized carbons (Fsp3) is 0.429. The average molecular weight is 262 g/mol. The number of rotatable bonds is 4. The van der Waals surface area contributed by atoms with Crippen LogP contribution < -0.4 is 10.6 Å². The third-order valence-corrected chi connectivity index (χ3v) is 3.23. The number of amides is 2. The zero-order chi connectivity index (χ0) is 13.8. The van der Waals surface area contributed by atoms with Gasteiger partial charge < -0.3 is 15.4 Å². The van der Waals surface area contributed by atoms with E-state index >= 15 is 0 Å². The highest BCUT2D eigenvalue weighted by molar-refractivity contribution is 5.89. The molecule has 0 saturated heterocycles. The molecule has 5 nitrogen and oxygen atoms in total. The van der Waals surface area contributed by atoms with Crippen LogP contribution in [0, 0.1) is 5.92 Å². The maximum absolute atomic E-state index is 11.6. The van der Waals surface area contributed by atoms with E-state index in [0.717, 1.165) is 12.0 Å². The van der Waals surface area contributed by atoms with Crippen LogP contribution in [0.2, 0.25) is 0 Å². The molecule has 19 heavy (non-hydrogen) atoms. The summed E-state index contributed by atoms with van der Waals surface area (Å²) in [6.45, 7) is 2.49. The van der Waals surface area contributed by atoms with Gasteiger partial charge in [-0.3, -0.25) is 0 Å². The van der Waals surface area contributed by atoms with Crippen LogP contribution in [0.1, 0.15) is 29.3 Å². The minimum atomic E-state index is -0.377. The monoisotopic (exact) mass is 262 g/mol. The van der Waals surface area contributed by atoms with Gasteiger partial charge in [-0.25, -0.2) is 9.59 Å². The van der Waals surface area contributed by atoms with Crippen molar-refractivity contribution in [2.24, 2.45) is 5.92 Å². The van der Waals surface area contributed by atoms with Gasteiger partial charge in [-0.1, -0.05) is 19.1 Å². The Hall–Kier alpha value is -2.04. The zero-order valence-electron chi connectivity index (χ0n) is 11.1. The molecule has 2 rings (SSSR count). The lowest BCUT2D eigenvalue weighted by Crippen LogP contribution is -2.36.